The minimum atomic E-state index is -3.19. The first-order valence-electron chi connectivity index (χ1n) is 3.58. The monoisotopic (exact) mass is 210 g/mol. The van der Waals surface area contributed by atoms with Crippen molar-refractivity contribution < 1.29 is 27.4 Å². The first-order chi connectivity index (χ1) is 6.54. The number of rotatable bonds is 3. The van der Waals surface area contributed by atoms with Gasteiger partial charge >= 0.3 is 6.61 Å². The van der Waals surface area contributed by atoms with Crippen LogP contribution >= 0.6 is 0 Å². The number of hydrogen-bond acceptors (Lipinski definition) is 2. The third-order valence-electron chi connectivity index (χ3n) is 1.49. The maximum atomic E-state index is 12.8. The third-order valence-corrected chi connectivity index (χ3v) is 1.49. The zero-order valence-corrected chi connectivity index (χ0v) is 6.81. The second-order valence-electron chi connectivity index (χ2n) is 2.40. The van der Waals surface area contributed by atoms with Gasteiger partial charge in [0.05, 0.1) is 12.2 Å². The van der Waals surface area contributed by atoms with Gasteiger partial charge in [0.2, 0.25) is 0 Å². The summed E-state index contributed by atoms with van der Waals surface area (Å²) < 4.78 is 52.7. The Labute approximate surface area is 76.7 Å². The number of benzene rings is 1. The Bertz CT molecular complexity index is 327. The van der Waals surface area contributed by atoms with Crippen molar-refractivity contribution in [2.24, 2.45) is 0 Å². The average Bonchev–Trinajstić information content (AvgIpc) is 2.01. The topological polar surface area (TPSA) is 29.5 Å². The Balaban J connectivity index is 3.11. The zero-order valence-electron chi connectivity index (χ0n) is 6.81. The summed E-state index contributed by atoms with van der Waals surface area (Å²) >= 11 is 0. The normalized spacial score (nSPS) is 10.7. The van der Waals surface area contributed by atoms with Gasteiger partial charge in [-0.2, -0.15) is 8.78 Å². The van der Waals surface area contributed by atoms with Gasteiger partial charge in [0.15, 0.2) is 0 Å². The lowest BCUT2D eigenvalue weighted by atomic mass is 10.2. The van der Waals surface area contributed by atoms with E-state index in [0.29, 0.717) is 12.1 Å². The van der Waals surface area contributed by atoms with Crippen LogP contribution in [0.15, 0.2) is 12.1 Å². The van der Waals surface area contributed by atoms with Crippen LogP contribution in [0, 0.1) is 11.6 Å². The molecule has 1 aromatic carbocycles. The molecule has 0 spiro atoms. The number of hydrogen-bond donors (Lipinski definition) is 1. The number of aliphatic hydroxyl groups is 1. The first-order valence-corrected chi connectivity index (χ1v) is 3.58. The lowest BCUT2D eigenvalue weighted by Crippen LogP contribution is -2.06. The molecule has 0 amide bonds. The average molecular weight is 210 g/mol. The van der Waals surface area contributed by atoms with Crippen LogP contribution < -0.4 is 4.74 Å². The molecule has 14 heavy (non-hydrogen) atoms. The number of alkyl halides is 2. The summed E-state index contributed by atoms with van der Waals surface area (Å²) in [7, 11) is 0. The van der Waals surface area contributed by atoms with Crippen LogP contribution in [-0.4, -0.2) is 11.7 Å². The van der Waals surface area contributed by atoms with E-state index in [2.05, 4.69) is 4.74 Å². The molecule has 1 N–H and O–H groups in total. The lowest BCUT2D eigenvalue weighted by molar-refractivity contribution is -0.0513. The molecular formula is C8H6F4O2. The summed E-state index contributed by atoms with van der Waals surface area (Å²) in [5.41, 5.74) is -0.494. The van der Waals surface area contributed by atoms with Gasteiger partial charge in [0, 0.05) is 12.1 Å². The summed E-state index contributed by atoms with van der Waals surface area (Å²) in [5, 5.41) is 8.62. The SMILES string of the molecule is OCc1c(F)cc(F)cc1OC(F)F. The molecule has 2 nitrogen and oxygen atoms in total. The quantitative estimate of drug-likeness (QED) is 0.773. The van der Waals surface area contributed by atoms with Crippen LogP contribution in [0.2, 0.25) is 0 Å². The van der Waals surface area contributed by atoms with Gasteiger partial charge in [0.1, 0.15) is 17.4 Å². The van der Waals surface area contributed by atoms with Crippen molar-refractivity contribution in [1.29, 1.82) is 0 Å². The third kappa shape index (κ3) is 2.35. The Morgan fingerprint density at radius 1 is 1.29 bits per heavy atom. The fourth-order valence-corrected chi connectivity index (χ4v) is 0.934. The van der Waals surface area contributed by atoms with E-state index >= 15 is 0 Å². The van der Waals surface area contributed by atoms with Crippen molar-refractivity contribution in [2.75, 3.05) is 0 Å². The van der Waals surface area contributed by atoms with Crippen molar-refractivity contribution in [1.82, 2.24) is 0 Å². The van der Waals surface area contributed by atoms with E-state index in [1.54, 1.807) is 0 Å². The van der Waals surface area contributed by atoms with Crippen molar-refractivity contribution in [2.45, 2.75) is 13.2 Å². The van der Waals surface area contributed by atoms with Gasteiger partial charge in [0.25, 0.3) is 0 Å². The van der Waals surface area contributed by atoms with Gasteiger partial charge in [-0.15, -0.1) is 0 Å². The van der Waals surface area contributed by atoms with E-state index in [4.69, 9.17) is 5.11 Å². The molecule has 0 unspecified atom stereocenters. The maximum absolute atomic E-state index is 12.8. The van der Waals surface area contributed by atoms with Gasteiger partial charge in [-0.05, 0) is 0 Å². The van der Waals surface area contributed by atoms with E-state index in [-0.39, 0.29) is 0 Å². The van der Waals surface area contributed by atoms with E-state index in [1.807, 2.05) is 0 Å². The summed E-state index contributed by atoms with van der Waals surface area (Å²) in [6.07, 6.45) is 0. The Morgan fingerprint density at radius 3 is 2.43 bits per heavy atom. The summed E-state index contributed by atoms with van der Waals surface area (Å²) in [4.78, 5) is 0. The standard InChI is InChI=1S/C8H6F4O2/c9-4-1-6(10)5(3-13)7(2-4)14-8(11)12/h1-2,8,13H,3H2. The molecule has 0 aliphatic carbocycles. The second-order valence-corrected chi connectivity index (χ2v) is 2.40. The van der Waals surface area contributed by atoms with E-state index in [0.717, 1.165) is 0 Å². The predicted molar refractivity (Wildman–Crippen MR) is 38.9 cm³/mol. The minimum Gasteiger partial charge on any atom is -0.434 e. The van der Waals surface area contributed by atoms with E-state index in [1.165, 1.54) is 0 Å². The number of aliphatic hydroxyl groups excluding tert-OH is 1. The van der Waals surface area contributed by atoms with Gasteiger partial charge in [-0.3, -0.25) is 0 Å². The Hall–Kier alpha value is -1.30. The molecule has 0 heterocycles. The van der Waals surface area contributed by atoms with Crippen LogP contribution in [0.5, 0.6) is 5.75 Å². The van der Waals surface area contributed by atoms with E-state index < -0.39 is 36.2 Å². The van der Waals surface area contributed by atoms with E-state index in [9.17, 15) is 17.6 Å². The van der Waals surface area contributed by atoms with Crippen LogP contribution in [0.3, 0.4) is 0 Å². The van der Waals surface area contributed by atoms with Gasteiger partial charge in [-0.25, -0.2) is 8.78 Å². The zero-order chi connectivity index (χ0) is 10.7. The van der Waals surface area contributed by atoms with Crippen LogP contribution in [-0.2, 0) is 6.61 Å². The number of ether oxygens (including phenoxy) is 1. The molecule has 0 atom stereocenters. The van der Waals surface area contributed by atoms with Gasteiger partial charge in [-0.1, -0.05) is 0 Å². The highest BCUT2D eigenvalue weighted by Crippen LogP contribution is 2.24. The van der Waals surface area contributed by atoms with Crippen molar-refractivity contribution in [3.8, 4) is 5.75 Å². The molecule has 6 heteroatoms. The molecule has 0 fully saturated rings. The molecule has 1 rings (SSSR count). The summed E-state index contributed by atoms with van der Waals surface area (Å²) in [6, 6.07) is 1.06. The fourth-order valence-electron chi connectivity index (χ4n) is 0.934. The molecule has 1 aromatic rings. The molecule has 0 bridgehead atoms. The smallest absolute Gasteiger partial charge is 0.387 e. The van der Waals surface area contributed by atoms with Crippen molar-refractivity contribution >= 4 is 0 Å². The van der Waals surface area contributed by atoms with Crippen LogP contribution in [0.1, 0.15) is 5.56 Å². The highest BCUT2D eigenvalue weighted by molar-refractivity contribution is 5.34. The van der Waals surface area contributed by atoms with Crippen molar-refractivity contribution in [3.63, 3.8) is 0 Å². The molecule has 78 valence electrons. The molecule has 0 saturated heterocycles. The first kappa shape index (κ1) is 10.8. The maximum Gasteiger partial charge on any atom is 0.387 e. The lowest BCUT2D eigenvalue weighted by Gasteiger charge is -2.09. The highest BCUT2D eigenvalue weighted by Gasteiger charge is 2.14. The Morgan fingerprint density at radius 2 is 1.93 bits per heavy atom. The molecule has 0 aromatic heterocycles. The highest BCUT2D eigenvalue weighted by atomic mass is 19.3. The molecular weight excluding hydrogens is 204 g/mol. The summed E-state index contributed by atoms with van der Waals surface area (Å²) in [5.74, 6) is -2.86. The fraction of sp³-hybridized carbons (Fsp3) is 0.250. The predicted octanol–water partition coefficient (Wildman–Crippen LogP) is 2.06. The number of halogens is 4. The molecule has 0 saturated carbocycles. The van der Waals surface area contributed by atoms with Gasteiger partial charge < -0.3 is 9.84 Å². The molecule has 0 aliphatic rings. The molecule has 0 aliphatic heterocycles. The Kier molecular flexibility index (Phi) is 3.29. The van der Waals surface area contributed by atoms with Crippen LogP contribution in [0.4, 0.5) is 17.6 Å². The summed E-state index contributed by atoms with van der Waals surface area (Å²) in [6.45, 7) is -4.03. The minimum absolute atomic E-state index is 0.476. The van der Waals surface area contributed by atoms with Crippen molar-refractivity contribution in [3.05, 3.63) is 29.3 Å². The largest absolute Gasteiger partial charge is 0.434 e. The molecule has 0 radical (unpaired) electrons. The second kappa shape index (κ2) is 4.28. The van der Waals surface area contributed by atoms with Crippen LogP contribution in [0.25, 0.3) is 0 Å².